The van der Waals surface area contributed by atoms with E-state index >= 15 is 0 Å². The first-order valence-corrected chi connectivity index (χ1v) is 10.3. The largest absolute Gasteiger partial charge is 0.507 e. The van der Waals surface area contributed by atoms with Crippen LogP contribution in [0, 0.1) is 20.8 Å². The van der Waals surface area contributed by atoms with Crippen molar-refractivity contribution >= 4 is 23.1 Å². The van der Waals surface area contributed by atoms with E-state index in [1.165, 1.54) is 12.0 Å². The second kappa shape index (κ2) is 8.30. The average molecular weight is 428 g/mol. The van der Waals surface area contributed by atoms with Gasteiger partial charge in [0.15, 0.2) is 0 Å². The predicted octanol–water partition coefficient (Wildman–Crippen LogP) is 4.64. The summed E-state index contributed by atoms with van der Waals surface area (Å²) >= 11 is 0. The number of benzene rings is 2. The van der Waals surface area contributed by atoms with Crippen molar-refractivity contribution in [2.24, 2.45) is 0 Å². The van der Waals surface area contributed by atoms with Crippen molar-refractivity contribution in [2.45, 2.75) is 26.8 Å². The van der Waals surface area contributed by atoms with Gasteiger partial charge in [0, 0.05) is 18.1 Å². The lowest BCUT2D eigenvalue weighted by atomic mass is 9.94. The van der Waals surface area contributed by atoms with Crippen LogP contribution in [0.5, 0.6) is 5.75 Å². The lowest BCUT2D eigenvalue weighted by Crippen LogP contribution is -2.29. The number of carbonyl (C=O) groups is 2. The Morgan fingerprint density at radius 1 is 1.03 bits per heavy atom. The fraction of sp³-hybridized carbons (Fsp3) is 0.192. The van der Waals surface area contributed by atoms with Gasteiger partial charge in [-0.25, -0.2) is 0 Å². The Balaban J connectivity index is 2.01. The highest BCUT2D eigenvalue weighted by Gasteiger charge is 2.47. The number of aliphatic hydroxyl groups is 1. The van der Waals surface area contributed by atoms with E-state index < -0.39 is 17.7 Å². The van der Waals surface area contributed by atoms with Gasteiger partial charge in [0.2, 0.25) is 0 Å². The standard InChI is InChI=1S/C26H24N2O4/c1-15-7-5-9-19(12-15)28-22(18-8-6-10-27-14-18)21(24(30)26(28)31)23(29)20-13-16(2)11-17(3)25(20)32-4/h5-14,22,29H,1-4H3/b23-21+. The van der Waals surface area contributed by atoms with E-state index in [4.69, 9.17) is 4.74 Å². The topological polar surface area (TPSA) is 79.7 Å². The molecule has 1 fully saturated rings. The zero-order valence-electron chi connectivity index (χ0n) is 18.4. The maximum absolute atomic E-state index is 13.3. The third-order valence-electron chi connectivity index (χ3n) is 5.60. The SMILES string of the molecule is COc1c(C)cc(C)cc1/C(O)=C1\C(=O)C(=O)N(c2cccc(C)c2)C1c1cccnc1. The maximum Gasteiger partial charge on any atom is 0.300 e. The molecule has 1 N–H and O–H groups in total. The number of amides is 1. The maximum atomic E-state index is 13.3. The highest BCUT2D eigenvalue weighted by molar-refractivity contribution is 6.51. The van der Waals surface area contributed by atoms with E-state index in [1.807, 2.05) is 45.0 Å². The number of pyridine rings is 1. The van der Waals surface area contributed by atoms with Crippen LogP contribution in [0.4, 0.5) is 5.69 Å². The average Bonchev–Trinajstić information content (AvgIpc) is 3.04. The van der Waals surface area contributed by atoms with Gasteiger partial charge in [-0.05, 0) is 67.3 Å². The number of nitrogens with zero attached hydrogens (tertiary/aromatic N) is 2. The molecular formula is C26H24N2O4. The van der Waals surface area contributed by atoms with Crippen LogP contribution in [-0.2, 0) is 9.59 Å². The zero-order chi connectivity index (χ0) is 23.0. The molecule has 1 aromatic heterocycles. The van der Waals surface area contributed by atoms with Gasteiger partial charge >= 0.3 is 0 Å². The molecule has 1 aliphatic rings. The number of ketones is 1. The summed E-state index contributed by atoms with van der Waals surface area (Å²) in [6.45, 7) is 5.68. The normalized spacial score (nSPS) is 17.6. The molecule has 0 bridgehead atoms. The third-order valence-corrected chi connectivity index (χ3v) is 5.60. The van der Waals surface area contributed by atoms with Crippen molar-refractivity contribution in [3.8, 4) is 5.75 Å². The van der Waals surface area contributed by atoms with Crippen molar-refractivity contribution < 1.29 is 19.4 Å². The van der Waals surface area contributed by atoms with Crippen LogP contribution in [0.15, 0.2) is 66.5 Å². The lowest BCUT2D eigenvalue weighted by Gasteiger charge is -2.25. The summed E-state index contributed by atoms with van der Waals surface area (Å²) in [6, 6.07) is 13.8. The molecule has 1 unspecified atom stereocenters. The Morgan fingerprint density at radius 3 is 2.47 bits per heavy atom. The third kappa shape index (κ3) is 3.54. The van der Waals surface area contributed by atoms with Gasteiger partial charge in [0.25, 0.3) is 11.7 Å². The molecule has 1 saturated heterocycles. The van der Waals surface area contributed by atoms with Gasteiger partial charge in [0.1, 0.15) is 11.5 Å². The molecule has 1 aliphatic heterocycles. The monoisotopic (exact) mass is 428 g/mol. The minimum absolute atomic E-state index is 0.00723. The fourth-order valence-corrected chi connectivity index (χ4v) is 4.28. The number of hydrogen-bond acceptors (Lipinski definition) is 5. The Labute approximate surface area is 186 Å². The number of rotatable bonds is 4. The second-order valence-corrected chi connectivity index (χ2v) is 7.96. The molecule has 3 aromatic rings. The molecule has 0 saturated carbocycles. The van der Waals surface area contributed by atoms with Gasteiger partial charge in [-0.1, -0.05) is 24.3 Å². The number of ether oxygens (including phenoxy) is 1. The van der Waals surface area contributed by atoms with Crippen LogP contribution < -0.4 is 9.64 Å². The molecule has 6 heteroatoms. The van der Waals surface area contributed by atoms with Crippen LogP contribution in [0.1, 0.15) is 33.9 Å². The van der Waals surface area contributed by atoms with E-state index in [2.05, 4.69) is 4.98 Å². The van der Waals surface area contributed by atoms with E-state index in [1.54, 1.807) is 36.7 Å². The molecule has 1 atom stereocenters. The van der Waals surface area contributed by atoms with E-state index in [-0.39, 0.29) is 11.3 Å². The van der Waals surface area contributed by atoms with Crippen LogP contribution in [0.25, 0.3) is 5.76 Å². The molecule has 4 rings (SSSR count). The number of carbonyl (C=O) groups excluding carboxylic acids is 2. The molecule has 2 aromatic carbocycles. The number of hydrogen-bond donors (Lipinski definition) is 1. The number of aromatic nitrogens is 1. The minimum atomic E-state index is -0.823. The number of anilines is 1. The molecule has 32 heavy (non-hydrogen) atoms. The van der Waals surface area contributed by atoms with Crippen molar-refractivity contribution in [1.82, 2.24) is 4.98 Å². The Bertz CT molecular complexity index is 1250. The van der Waals surface area contributed by atoms with Gasteiger partial charge in [-0.3, -0.25) is 19.5 Å². The van der Waals surface area contributed by atoms with Gasteiger partial charge in [0.05, 0.1) is 24.3 Å². The van der Waals surface area contributed by atoms with E-state index in [9.17, 15) is 14.7 Å². The Hall–Kier alpha value is -3.93. The summed E-state index contributed by atoms with van der Waals surface area (Å²) in [4.78, 5) is 32.1. The quantitative estimate of drug-likeness (QED) is 0.372. The number of aryl methyl sites for hydroxylation is 3. The Morgan fingerprint density at radius 2 is 1.81 bits per heavy atom. The molecule has 2 heterocycles. The summed E-state index contributed by atoms with van der Waals surface area (Å²) in [6.07, 6.45) is 3.22. The van der Waals surface area contributed by atoms with Gasteiger partial charge in [-0.15, -0.1) is 0 Å². The van der Waals surface area contributed by atoms with Crippen LogP contribution in [0.3, 0.4) is 0 Å². The minimum Gasteiger partial charge on any atom is -0.507 e. The summed E-state index contributed by atoms with van der Waals surface area (Å²) in [5.74, 6) is -1.26. The number of Topliss-reactive ketones (excluding diaryl/α,β-unsaturated/α-hetero) is 1. The smallest absolute Gasteiger partial charge is 0.300 e. The fourth-order valence-electron chi connectivity index (χ4n) is 4.28. The predicted molar refractivity (Wildman–Crippen MR) is 123 cm³/mol. The van der Waals surface area contributed by atoms with Gasteiger partial charge < -0.3 is 9.84 Å². The Kier molecular flexibility index (Phi) is 5.53. The van der Waals surface area contributed by atoms with Crippen molar-refractivity contribution in [1.29, 1.82) is 0 Å². The highest BCUT2D eigenvalue weighted by atomic mass is 16.5. The molecule has 162 valence electrons. The summed E-state index contributed by atoms with van der Waals surface area (Å²) in [5.41, 5.74) is 4.25. The van der Waals surface area contributed by atoms with Crippen molar-refractivity contribution in [3.05, 3.63) is 94.3 Å². The lowest BCUT2D eigenvalue weighted by molar-refractivity contribution is -0.132. The van der Waals surface area contributed by atoms with Crippen molar-refractivity contribution in [3.63, 3.8) is 0 Å². The molecule has 0 aliphatic carbocycles. The molecular weight excluding hydrogens is 404 g/mol. The first kappa shape index (κ1) is 21.3. The highest BCUT2D eigenvalue weighted by Crippen LogP contribution is 2.43. The summed E-state index contributed by atoms with van der Waals surface area (Å²) < 4.78 is 5.53. The van der Waals surface area contributed by atoms with Crippen LogP contribution in [0.2, 0.25) is 0 Å². The van der Waals surface area contributed by atoms with Crippen LogP contribution >= 0.6 is 0 Å². The van der Waals surface area contributed by atoms with Crippen molar-refractivity contribution in [2.75, 3.05) is 12.0 Å². The molecule has 6 nitrogen and oxygen atoms in total. The first-order valence-electron chi connectivity index (χ1n) is 10.3. The summed E-state index contributed by atoms with van der Waals surface area (Å²) in [7, 11) is 1.51. The molecule has 0 spiro atoms. The molecule has 1 amide bonds. The second-order valence-electron chi connectivity index (χ2n) is 7.96. The summed E-state index contributed by atoms with van der Waals surface area (Å²) in [5, 5.41) is 11.4. The van der Waals surface area contributed by atoms with Crippen LogP contribution in [-0.4, -0.2) is 28.9 Å². The number of methoxy groups -OCH3 is 1. The molecule has 0 radical (unpaired) electrons. The zero-order valence-corrected chi connectivity index (χ0v) is 18.4. The van der Waals surface area contributed by atoms with Gasteiger partial charge in [-0.2, -0.15) is 0 Å². The van der Waals surface area contributed by atoms with E-state index in [0.29, 0.717) is 22.6 Å². The van der Waals surface area contributed by atoms with E-state index in [0.717, 1.165) is 16.7 Å². The first-order chi connectivity index (χ1) is 15.3. The number of aliphatic hydroxyl groups excluding tert-OH is 1.